The number of carbonyl (C=O) groups excluding carboxylic acids is 1. The van der Waals surface area contributed by atoms with Crippen molar-refractivity contribution in [2.45, 2.75) is 33.4 Å². The van der Waals surface area contributed by atoms with E-state index in [1.54, 1.807) is 0 Å². The predicted molar refractivity (Wildman–Crippen MR) is 60.7 cm³/mol. The molecule has 5 heteroatoms. The zero-order valence-electron chi connectivity index (χ0n) is 9.25. The molecule has 0 aromatic carbocycles. The van der Waals surface area contributed by atoms with Gasteiger partial charge in [-0.25, -0.2) is 4.39 Å². The molecular weight excluding hydrogens is 227 g/mol. The summed E-state index contributed by atoms with van der Waals surface area (Å²) in [7, 11) is 0. The van der Waals surface area contributed by atoms with E-state index in [1.165, 1.54) is 4.31 Å². The molecule has 0 bridgehead atoms. The minimum Gasteiger partial charge on any atom is -0.343 e. The molecule has 0 N–H and O–H groups in total. The lowest BCUT2D eigenvalue weighted by molar-refractivity contribution is 0.0887. The Balaban J connectivity index is 2.18. The molecule has 2 aliphatic rings. The Morgan fingerprint density at radius 1 is 1.38 bits per heavy atom. The van der Waals surface area contributed by atoms with Gasteiger partial charge in [-0.2, -0.15) is 0 Å². The first kappa shape index (κ1) is 10.2. The number of nitrogens with zero attached hydrogens (tertiary/aromatic N) is 2. The maximum atomic E-state index is 14.1. The first-order valence-corrected chi connectivity index (χ1v) is 5.71. The highest BCUT2D eigenvalue weighted by Crippen LogP contribution is 2.40. The third kappa shape index (κ3) is 1.12. The molecule has 1 amide bonds. The van der Waals surface area contributed by atoms with Crippen LogP contribution in [0.15, 0.2) is 0 Å². The number of aromatic nitrogens is 1. The second kappa shape index (κ2) is 2.83. The molecule has 0 fully saturated rings. The van der Waals surface area contributed by atoms with E-state index in [2.05, 4.69) is 26.7 Å². The molecule has 3 heterocycles. The van der Waals surface area contributed by atoms with E-state index in [-0.39, 0.29) is 22.7 Å². The van der Waals surface area contributed by atoms with Crippen LogP contribution >= 0.6 is 12.8 Å². The maximum absolute atomic E-state index is 14.1. The van der Waals surface area contributed by atoms with Gasteiger partial charge in [0.25, 0.3) is 5.91 Å². The Kier molecular flexibility index (Phi) is 1.80. The van der Waals surface area contributed by atoms with Crippen LogP contribution in [0.25, 0.3) is 0 Å². The molecule has 0 aliphatic carbocycles. The topological polar surface area (TPSA) is 25.2 Å². The number of hydrogen-bond donors (Lipinski definition) is 1. The fraction of sp³-hybridized carbons (Fsp3) is 0.545. The average Bonchev–Trinajstić information content (AvgIpc) is 2.71. The second-order valence-corrected chi connectivity index (χ2v) is 5.86. The fourth-order valence-corrected chi connectivity index (χ4v) is 2.95. The Morgan fingerprint density at radius 2 is 2.06 bits per heavy atom. The van der Waals surface area contributed by atoms with E-state index in [4.69, 9.17) is 0 Å². The van der Waals surface area contributed by atoms with Crippen molar-refractivity contribution in [2.24, 2.45) is 5.41 Å². The zero-order chi connectivity index (χ0) is 11.7. The monoisotopic (exact) mass is 240 g/mol. The van der Waals surface area contributed by atoms with Gasteiger partial charge in [-0.3, -0.25) is 9.10 Å². The largest absolute Gasteiger partial charge is 0.343 e. The molecule has 0 spiro atoms. The van der Waals surface area contributed by atoms with Crippen LogP contribution < -0.4 is 0 Å². The van der Waals surface area contributed by atoms with Crippen molar-refractivity contribution in [3.8, 4) is 0 Å². The van der Waals surface area contributed by atoms with Gasteiger partial charge >= 0.3 is 0 Å². The molecule has 86 valence electrons. The first-order chi connectivity index (χ1) is 7.41. The van der Waals surface area contributed by atoms with Crippen molar-refractivity contribution in [2.75, 3.05) is 0 Å². The lowest BCUT2D eigenvalue weighted by atomic mass is 9.91. The Labute approximate surface area is 98.8 Å². The third-order valence-electron chi connectivity index (χ3n) is 3.39. The molecule has 0 atom stereocenters. The van der Waals surface area contributed by atoms with Crippen molar-refractivity contribution < 1.29 is 9.18 Å². The summed E-state index contributed by atoms with van der Waals surface area (Å²) in [5.41, 5.74) is 1.79. The summed E-state index contributed by atoms with van der Waals surface area (Å²) in [6.45, 7) is 5.41. The van der Waals surface area contributed by atoms with Gasteiger partial charge in [0, 0.05) is 6.54 Å². The van der Waals surface area contributed by atoms with Gasteiger partial charge in [0.1, 0.15) is 0 Å². The number of halogens is 1. The maximum Gasteiger partial charge on any atom is 0.268 e. The van der Waals surface area contributed by atoms with Crippen LogP contribution in [0.2, 0.25) is 0 Å². The molecule has 2 aliphatic heterocycles. The van der Waals surface area contributed by atoms with Crippen molar-refractivity contribution >= 4 is 18.7 Å². The van der Waals surface area contributed by atoms with Gasteiger partial charge < -0.3 is 4.57 Å². The van der Waals surface area contributed by atoms with Crippen LogP contribution in [-0.4, -0.2) is 14.8 Å². The van der Waals surface area contributed by atoms with Gasteiger partial charge in [0.2, 0.25) is 0 Å². The van der Waals surface area contributed by atoms with Gasteiger partial charge in [-0.15, -0.1) is 0 Å². The van der Waals surface area contributed by atoms with Gasteiger partial charge in [-0.1, -0.05) is 26.7 Å². The summed E-state index contributed by atoms with van der Waals surface area (Å²) < 4.78 is 17.3. The summed E-state index contributed by atoms with van der Waals surface area (Å²) in [4.78, 5) is 11.7. The Bertz CT molecular complexity index is 507. The van der Waals surface area contributed by atoms with Crippen molar-refractivity contribution in [3.63, 3.8) is 0 Å². The second-order valence-electron chi connectivity index (χ2n) is 5.37. The highest BCUT2D eigenvalue weighted by Gasteiger charge is 2.41. The number of carbonyl (C=O) groups is 1. The number of thiol groups is 1. The van der Waals surface area contributed by atoms with E-state index in [0.29, 0.717) is 18.7 Å². The highest BCUT2D eigenvalue weighted by molar-refractivity contribution is 7.78. The molecule has 0 saturated carbocycles. The van der Waals surface area contributed by atoms with E-state index in [1.807, 2.05) is 4.57 Å². The SMILES string of the molecule is CC1(C)Cc2c(F)c3c(n2C1)CN(S)C3=O. The molecule has 0 saturated heterocycles. The van der Waals surface area contributed by atoms with Crippen molar-refractivity contribution in [1.29, 1.82) is 0 Å². The highest BCUT2D eigenvalue weighted by atomic mass is 32.1. The van der Waals surface area contributed by atoms with Gasteiger partial charge in [0.05, 0.1) is 23.5 Å². The quantitative estimate of drug-likeness (QED) is 0.689. The summed E-state index contributed by atoms with van der Waals surface area (Å²) in [6, 6.07) is 0. The Hall–Kier alpha value is -0.970. The molecule has 0 unspecified atom stereocenters. The minimum absolute atomic E-state index is 0.0816. The van der Waals surface area contributed by atoms with Crippen molar-refractivity contribution in [1.82, 2.24) is 8.87 Å². The lowest BCUT2D eigenvalue weighted by Gasteiger charge is -2.15. The fourth-order valence-electron chi connectivity index (χ4n) is 2.71. The van der Waals surface area contributed by atoms with Crippen LogP contribution in [-0.2, 0) is 19.5 Å². The third-order valence-corrected chi connectivity index (χ3v) is 3.72. The smallest absolute Gasteiger partial charge is 0.268 e. The normalized spacial score (nSPS) is 21.5. The van der Waals surface area contributed by atoms with E-state index >= 15 is 0 Å². The van der Waals surface area contributed by atoms with Crippen LogP contribution in [0.5, 0.6) is 0 Å². The van der Waals surface area contributed by atoms with Crippen LogP contribution in [0, 0.1) is 11.2 Å². The predicted octanol–water partition coefficient (Wildman–Crippen LogP) is 2.01. The van der Waals surface area contributed by atoms with Gasteiger partial charge in [-0.05, 0) is 11.8 Å². The summed E-state index contributed by atoms with van der Waals surface area (Å²) in [6.07, 6.45) is 0.700. The summed E-state index contributed by atoms with van der Waals surface area (Å²) >= 11 is 4.03. The summed E-state index contributed by atoms with van der Waals surface area (Å²) in [5.74, 6) is -0.641. The number of amides is 1. The van der Waals surface area contributed by atoms with Crippen molar-refractivity contribution in [3.05, 3.63) is 22.8 Å². The molecule has 0 radical (unpaired) electrons. The van der Waals surface area contributed by atoms with Crippen LogP contribution in [0.3, 0.4) is 0 Å². The lowest BCUT2D eigenvalue weighted by Crippen LogP contribution is -2.14. The molecular formula is C11H13FN2OS. The van der Waals surface area contributed by atoms with E-state index < -0.39 is 0 Å². The molecule has 3 rings (SSSR count). The van der Waals surface area contributed by atoms with Crippen LogP contribution in [0.1, 0.15) is 35.6 Å². The van der Waals surface area contributed by atoms with E-state index in [9.17, 15) is 9.18 Å². The van der Waals surface area contributed by atoms with Gasteiger partial charge in [0.15, 0.2) is 5.82 Å². The number of hydrogen-bond acceptors (Lipinski definition) is 2. The number of fused-ring (bicyclic) bond motifs is 3. The van der Waals surface area contributed by atoms with E-state index in [0.717, 1.165) is 12.2 Å². The number of rotatable bonds is 0. The minimum atomic E-state index is -0.331. The molecule has 1 aromatic heterocycles. The molecule has 1 aromatic rings. The average molecular weight is 240 g/mol. The summed E-state index contributed by atoms with van der Waals surface area (Å²) in [5, 5.41) is 0. The Morgan fingerprint density at radius 3 is 2.75 bits per heavy atom. The molecule has 16 heavy (non-hydrogen) atoms. The van der Waals surface area contributed by atoms with Crippen LogP contribution in [0.4, 0.5) is 4.39 Å². The first-order valence-electron chi connectivity index (χ1n) is 5.31. The molecule has 3 nitrogen and oxygen atoms in total. The standard InChI is InChI=1S/C11H13FN2OS/c1-11(2)3-6-9(12)8-7(13(6)5-11)4-14(16)10(8)15/h16H,3-5H2,1-2H3. The zero-order valence-corrected chi connectivity index (χ0v) is 10.1.